The van der Waals surface area contributed by atoms with Crippen molar-refractivity contribution >= 4 is 17.6 Å². The summed E-state index contributed by atoms with van der Waals surface area (Å²) in [5, 5.41) is 13.3. The molecule has 0 spiro atoms. The largest absolute Gasteiger partial charge is 0.493 e. The molecule has 0 radical (unpaired) electrons. The summed E-state index contributed by atoms with van der Waals surface area (Å²) >= 11 is 0. The van der Waals surface area contributed by atoms with Crippen molar-refractivity contribution in [1.29, 1.82) is 0 Å². The number of hydrogen-bond acceptors (Lipinski definition) is 5. The molecule has 1 aromatic carbocycles. The third-order valence-corrected chi connectivity index (χ3v) is 3.44. The number of anilines is 1. The van der Waals surface area contributed by atoms with E-state index < -0.39 is 0 Å². The molecule has 0 saturated heterocycles. The number of amides is 2. The Morgan fingerprint density at radius 1 is 1.12 bits per heavy atom. The lowest BCUT2D eigenvalue weighted by Crippen LogP contribution is -2.29. The average molecular weight is 327 g/mol. The fraction of sp³-hybridized carbons (Fsp3) is 0.188. The number of urea groups is 1. The van der Waals surface area contributed by atoms with Gasteiger partial charge in [0, 0.05) is 12.7 Å². The number of hydrogen-bond donors (Lipinski definition) is 2. The second-order valence-corrected chi connectivity index (χ2v) is 4.95. The van der Waals surface area contributed by atoms with Gasteiger partial charge in [0.15, 0.2) is 17.1 Å². The zero-order valence-corrected chi connectivity index (χ0v) is 13.3. The predicted octanol–water partition coefficient (Wildman–Crippen LogP) is 2.07. The van der Waals surface area contributed by atoms with Gasteiger partial charge in [0.1, 0.15) is 0 Å². The Kier molecular flexibility index (Phi) is 4.46. The van der Waals surface area contributed by atoms with E-state index in [2.05, 4.69) is 20.8 Å². The van der Waals surface area contributed by atoms with E-state index in [0.717, 1.165) is 5.56 Å². The van der Waals surface area contributed by atoms with Gasteiger partial charge >= 0.3 is 6.03 Å². The van der Waals surface area contributed by atoms with Crippen molar-refractivity contribution in [3.8, 4) is 11.5 Å². The van der Waals surface area contributed by atoms with Crippen LogP contribution in [0.4, 0.5) is 10.7 Å². The summed E-state index contributed by atoms with van der Waals surface area (Å²) in [6.07, 6.45) is 1.78. The van der Waals surface area contributed by atoms with Crippen molar-refractivity contribution in [3.63, 3.8) is 0 Å². The smallest absolute Gasteiger partial charge is 0.321 e. The van der Waals surface area contributed by atoms with Gasteiger partial charge in [-0.3, -0.25) is 9.72 Å². The van der Waals surface area contributed by atoms with Crippen molar-refractivity contribution in [2.45, 2.75) is 6.54 Å². The molecule has 0 aliphatic rings. The molecule has 124 valence electrons. The van der Waals surface area contributed by atoms with Gasteiger partial charge < -0.3 is 14.8 Å². The number of aromatic nitrogens is 3. The van der Waals surface area contributed by atoms with E-state index in [1.165, 1.54) is 0 Å². The molecule has 0 bridgehead atoms. The summed E-state index contributed by atoms with van der Waals surface area (Å²) in [4.78, 5) is 12.0. The van der Waals surface area contributed by atoms with Crippen LogP contribution in [0.1, 0.15) is 5.56 Å². The fourth-order valence-electron chi connectivity index (χ4n) is 2.25. The number of benzene rings is 1. The first-order chi connectivity index (χ1) is 11.7. The molecular weight excluding hydrogens is 310 g/mol. The molecule has 0 unspecified atom stereocenters. The Balaban J connectivity index is 1.63. The van der Waals surface area contributed by atoms with Crippen LogP contribution in [0.25, 0.3) is 5.65 Å². The molecule has 3 aromatic rings. The molecule has 3 rings (SSSR count). The van der Waals surface area contributed by atoms with Gasteiger partial charge in [-0.15, -0.1) is 10.2 Å². The number of carbonyl (C=O) groups is 1. The minimum Gasteiger partial charge on any atom is -0.493 e. The molecular formula is C16H17N5O3. The van der Waals surface area contributed by atoms with Gasteiger partial charge in [-0.05, 0) is 29.8 Å². The zero-order valence-electron chi connectivity index (χ0n) is 13.3. The summed E-state index contributed by atoms with van der Waals surface area (Å²) in [5.41, 5.74) is 1.54. The third-order valence-electron chi connectivity index (χ3n) is 3.44. The molecule has 24 heavy (non-hydrogen) atoms. The molecule has 0 atom stereocenters. The summed E-state index contributed by atoms with van der Waals surface area (Å²) < 4.78 is 12.1. The van der Waals surface area contributed by atoms with E-state index >= 15 is 0 Å². The van der Waals surface area contributed by atoms with Crippen LogP contribution in [0.5, 0.6) is 11.5 Å². The summed E-state index contributed by atoms with van der Waals surface area (Å²) in [6, 6.07) is 10.6. The number of nitrogens with zero attached hydrogens (tertiary/aromatic N) is 3. The molecule has 2 heterocycles. The topological polar surface area (TPSA) is 89.8 Å². The minimum atomic E-state index is -0.372. The van der Waals surface area contributed by atoms with Crippen molar-refractivity contribution in [2.24, 2.45) is 0 Å². The normalized spacial score (nSPS) is 10.4. The van der Waals surface area contributed by atoms with Gasteiger partial charge in [0.05, 0.1) is 14.2 Å². The molecule has 2 aromatic heterocycles. The van der Waals surface area contributed by atoms with E-state index in [9.17, 15) is 4.79 Å². The van der Waals surface area contributed by atoms with Crippen LogP contribution < -0.4 is 20.1 Å². The molecule has 2 amide bonds. The monoisotopic (exact) mass is 327 g/mol. The number of ether oxygens (including phenoxy) is 2. The van der Waals surface area contributed by atoms with Crippen molar-refractivity contribution in [2.75, 3.05) is 19.5 Å². The van der Waals surface area contributed by atoms with Gasteiger partial charge in [0.25, 0.3) is 0 Å². The highest BCUT2D eigenvalue weighted by Crippen LogP contribution is 2.27. The summed E-state index contributed by atoms with van der Waals surface area (Å²) in [6.45, 7) is 0.336. The van der Waals surface area contributed by atoms with Crippen LogP contribution in [0.3, 0.4) is 0 Å². The van der Waals surface area contributed by atoms with E-state index in [4.69, 9.17) is 9.47 Å². The van der Waals surface area contributed by atoms with E-state index in [0.29, 0.717) is 29.6 Å². The van der Waals surface area contributed by atoms with Crippen LogP contribution in [0, 0.1) is 0 Å². The van der Waals surface area contributed by atoms with Crippen molar-refractivity contribution < 1.29 is 14.3 Å². The Bertz CT molecular complexity index is 862. The Morgan fingerprint density at radius 2 is 1.96 bits per heavy atom. The highest BCUT2D eigenvalue weighted by molar-refractivity contribution is 5.87. The molecule has 0 saturated carbocycles. The molecule has 8 heteroatoms. The van der Waals surface area contributed by atoms with Gasteiger partial charge in [-0.2, -0.15) is 0 Å². The lowest BCUT2D eigenvalue weighted by atomic mass is 10.2. The molecule has 8 nitrogen and oxygen atoms in total. The lowest BCUT2D eigenvalue weighted by molar-refractivity contribution is 0.251. The van der Waals surface area contributed by atoms with Crippen LogP contribution in [-0.4, -0.2) is 34.8 Å². The second kappa shape index (κ2) is 6.86. The maximum absolute atomic E-state index is 12.0. The predicted molar refractivity (Wildman–Crippen MR) is 88.4 cm³/mol. The number of nitrogens with one attached hydrogen (secondary N) is 2. The van der Waals surface area contributed by atoms with E-state index in [1.54, 1.807) is 36.9 Å². The molecule has 2 N–H and O–H groups in total. The van der Waals surface area contributed by atoms with Crippen LogP contribution >= 0.6 is 0 Å². The first kappa shape index (κ1) is 15.6. The van der Waals surface area contributed by atoms with Gasteiger partial charge in [-0.1, -0.05) is 12.1 Å². The quantitative estimate of drug-likeness (QED) is 0.749. The number of carbonyl (C=O) groups excluding carboxylic acids is 1. The standard InChI is InChI=1S/C16H17N5O3/c1-23-12-7-6-11(9-13(12)24-2)10-17-16(22)18-15-20-19-14-5-3-4-8-21(14)15/h3-9H,10H2,1-2H3,(H2,17,18,20,22). The SMILES string of the molecule is COc1ccc(CNC(=O)Nc2nnc3ccccn23)cc1OC. The lowest BCUT2D eigenvalue weighted by Gasteiger charge is -2.10. The average Bonchev–Trinajstić information content (AvgIpc) is 3.02. The van der Waals surface area contributed by atoms with Crippen LogP contribution in [-0.2, 0) is 6.54 Å². The molecule has 0 aliphatic heterocycles. The van der Waals surface area contributed by atoms with Crippen LogP contribution in [0.15, 0.2) is 42.6 Å². The van der Waals surface area contributed by atoms with E-state index in [-0.39, 0.29) is 6.03 Å². The summed E-state index contributed by atoms with van der Waals surface area (Å²) in [7, 11) is 3.14. The van der Waals surface area contributed by atoms with Crippen molar-refractivity contribution in [1.82, 2.24) is 19.9 Å². The molecule has 0 aliphatic carbocycles. The number of pyridine rings is 1. The van der Waals surface area contributed by atoms with Crippen LogP contribution in [0.2, 0.25) is 0 Å². The number of fused-ring (bicyclic) bond motifs is 1. The maximum Gasteiger partial charge on any atom is 0.321 e. The first-order valence-electron chi connectivity index (χ1n) is 7.27. The maximum atomic E-state index is 12.0. The second-order valence-electron chi connectivity index (χ2n) is 4.95. The van der Waals surface area contributed by atoms with Gasteiger partial charge in [0.2, 0.25) is 5.95 Å². The molecule has 0 fully saturated rings. The third kappa shape index (κ3) is 3.22. The Labute approximate surface area is 138 Å². The summed E-state index contributed by atoms with van der Waals surface area (Å²) in [5.74, 6) is 1.61. The highest BCUT2D eigenvalue weighted by atomic mass is 16.5. The fourth-order valence-corrected chi connectivity index (χ4v) is 2.25. The highest BCUT2D eigenvalue weighted by Gasteiger charge is 2.09. The zero-order chi connectivity index (χ0) is 16.9. The first-order valence-corrected chi connectivity index (χ1v) is 7.27. The Hall–Kier alpha value is -3.29. The van der Waals surface area contributed by atoms with E-state index in [1.807, 2.05) is 24.3 Å². The van der Waals surface area contributed by atoms with Crippen molar-refractivity contribution in [3.05, 3.63) is 48.2 Å². The van der Waals surface area contributed by atoms with Gasteiger partial charge in [-0.25, -0.2) is 4.79 Å². The number of rotatable bonds is 5. The Morgan fingerprint density at radius 3 is 2.75 bits per heavy atom. The minimum absolute atomic E-state index is 0.336. The number of methoxy groups -OCH3 is 2.